The Labute approximate surface area is 131 Å². The lowest BCUT2D eigenvalue weighted by atomic mass is 10.2. The molecule has 0 aliphatic carbocycles. The Bertz CT molecular complexity index is 693. The number of hydrazone groups is 1. The van der Waals surface area contributed by atoms with Crippen molar-refractivity contribution in [1.29, 1.82) is 0 Å². The number of rotatable bonds is 6. The van der Waals surface area contributed by atoms with Gasteiger partial charge in [0, 0.05) is 16.5 Å². The van der Waals surface area contributed by atoms with Gasteiger partial charge in [0.25, 0.3) is 0 Å². The maximum absolute atomic E-state index is 11.0. The van der Waals surface area contributed by atoms with Gasteiger partial charge in [-0.2, -0.15) is 5.10 Å². The molecule has 0 saturated carbocycles. The third kappa shape index (κ3) is 3.79. The maximum atomic E-state index is 11.0. The second-order valence-corrected chi connectivity index (χ2v) is 5.65. The predicted octanol–water partition coefficient (Wildman–Crippen LogP) is 3.51. The minimum atomic E-state index is -0.469. The molecule has 0 aliphatic rings. The van der Waals surface area contributed by atoms with E-state index in [1.54, 1.807) is 19.1 Å². The largest absolute Gasteiger partial charge is 0.487 e. The van der Waals surface area contributed by atoms with Gasteiger partial charge in [-0.1, -0.05) is 0 Å². The van der Waals surface area contributed by atoms with E-state index < -0.39 is 4.92 Å². The number of benzene rings is 1. The van der Waals surface area contributed by atoms with E-state index in [-0.39, 0.29) is 11.4 Å². The topological polar surface area (TPSA) is 89.7 Å². The Morgan fingerprint density at radius 2 is 2.27 bits per heavy atom. The number of aromatic nitrogens is 1. The molecule has 0 spiro atoms. The van der Waals surface area contributed by atoms with Gasteiger partial charge in [-0.05, 0) is 32.9 Å². The fourth-order valence-electron chi connectivity index (χ4n) is 1.72. The lowest BCUT2D eigenvalue weighted by Crippen LogP contribution is -1.99. The molecule has 0 unspecified atom stereocenters. The molecular formula is C14H16N4O3S. The fourth-order valence-corrected chi connectivity index (χ4v) is 2.48. The van der Waals surface area contributed by atoms with Crippen LogP contribution in [-0.2, 0) is 0 Å². The zero-order chi connectivity index (χ0) is 16.1. The van der Waals surface area contributed by atoms with E-state index in [1.165, 1.54) is 23.6 Å². The average Bonchev–Trinajstić information content (AvgIpc) is 2.79. The van der Waals surface area contributed by atoms with Gasteiger partial charge in [-0.15, -0.1) is 11.3 Å². The van der Waals surface area contributed by atoms with Gasteiger partial charge in [0.05, 0.1) is 23.4 Å². The van der Waals surface area contributed by atoms with Crippen molar-refractivity contribution in [2.45, 2.75) is 20.8 Å². The summed E-state index contributed by atoms with van der Waals surface area (Å²) in [6, 6.07) is 4.71. The molecule has 2 aromatic rings. The molecule has 8 heteroatoms. The van der Waals surface area contributed by atoms with Crippen molar-refractivity contribution < 1.29 is 9.66 Å². The highest BCUT2D eigenvalue weighted by Gasteiger charge is 2.15. The van der Waals surface area contributed by atoms with Crippen LogP contribution in [0.3, 0.4) is 0 Å². The first-order valence-electron chi connectivity index (χ1n) is 6.65. The summed E-state index contributed by atoms with van der Waals surface area (Å²) in [6.45, 7) is 6.06. The summed E-state index contributed by atoms with van der Waals surface area (Å²) in [5.74, 6) is 0.254. The van der Waals surface area contributed by atoms with E-state index >= 15 is 0 Å². The lowest BCUT2D eigenvalue weighted by Gasteiger charge is -2.04. The lowest BCUT2D eigenvalue weighted by molar-refractivity contribution is -0.385. The summed E-state index contributed by atoms with van der Waals surface area (Å²) >= 11 is 1.50. The van der Waals surface area contributed by atoms with E-state index in [1.807, 2.05) is 13.8 Å². The number of anilines is 1. The first-order valence-corrected chi connectivity index (χ1v) is 7.47. The first kappa shape index (κ1) is 15.9. The van der Waals surface area contributed by atoms with Crippen LogP contribution in [0.1, 0.15) is 23.1 Å². The first-order chi connectivity index (χ1) is 10.5. The third-order valence-electron chi connectivity index (χ3n) is 2.88. The van der Waals surface area contributed by atoms with Gasteiger partial charge in [0.2, 0.25) is 5.13 Å². The molecule has 2 rings (SSSR count). The molecule has 1 N–H and O–H groups in total. The van der Waals surface area contributed by atoms with Crippen LogP contribution in [0.4, 0.5) is 10.8 Å². The summed E-state index contributed by atoms with van der Waals surface area (Å²) in [6.07, 6.45) is 1.51. The number of hydrogen-bond donors (Lipinski definition) is 1. The molecule has 0 radical (unpaired) electrons. The van der Waals surface area contributed by atoms with E-state index in [0.29, 0.717) is 17.3 Å². The molecule has 0 bridgehead atoms. The van der Waals surface area contributed by atoms with Gasteiger partial charge < -0.3 is 4.74 Å². The summed E-state index contributed by atoms with van der Waals surface area (Å²) in [5, 5.41) is 15.8. The maximum Gasteiger partial charge on any atom is 0.311 e. The summed E-state index contributed by atoms with van der Waals surface area (Å²) in [5.41, 5.74) is 4.30. The second-order valence-electron chi connectivity index (χ2n) is 4.45. The zero-order valence-corrected chi connectivity index (χ0v) is 13.3. The van der Waals surface area contributed by atoms with Crippen LogP contribution in [-0.4, -0.2) is 22.7 Å². The Morgan fingerprint density at radius 3 is 2.86 bits per heavy atom. The molecule has 0 fully saturated rings. The summed E-state index contributed by atoms with van der Waals surface area (Å²) < 4.78 is 5.23. The molecule has 1 heterocycles. The highest BCUT2D eigenvalue weighted by atomic mass is 32.1. The standard InChI is InChI=1S/C14H16N4O3S/c1-4-21-13-6-5-11(7-12(13)18(19)20)8-15-17-14-16-9(2)10(3)22-14/h5-8H,4H2,1-3H3,(H,16,17)/b15-8-. The quantitative estimate of drug-likeness (QED) is 0.500. The van der Waals surface area contributed by atoms with Gasteiger partial charge >= 0.3 is 5.69 Å². The molecule has 0 aliphatic heterocycles. The summed E-state index contributed by atoms with van der Waals surface area (Å²) in [7, 11) is 0. The van der Waals surface area contributed by atoms with Crippen LogP contribution in [0.15, 0.2) is 23.3 Å². The van der Waals surface area contributed by atoms with E-state index in [2.05, 4.69) is 15.5 Å². The number of nitrogens with zero attached hydrogens (tertiary/aromatic N) is 3. The van der Waals surface area contributed by atoms with Crippen LogP contribution in [0, 0.1) is 24.0 Å². The number of nitrogens with one attached hydrogen (secondary N) is 1. The van der Waals surface area contributed by atoms with Crippen LogP contribution >= 0.6 is 11.3 Å². The fraction of sp³-hybridized carbons (Fsp3) is 0.286. The van der Waals surface area contributed by atoms with Gasteiger partial charge in [0.1, 0.15) is 0 Å². The molecule has 1 aromatic heterocycles. The van der Waals surface area contributed by atoms with E-state index in [9.17, 15) is 10.1 Å². The number of hydrogen-bond acceptors (Lipinski definition) is 7. The molecule has 0 saturated heterocycles. The molecule has 22 heavy (non-hydrogen) atoms. The summed E-state index contributed by atoms with van der Waals surface area (Å²) in [4.78, 5) is 16.0. The van der Waals surface area contributed by atoms with Crippen LogP contribution < -0.4 is 10.2 Å². The number of thiazole rings is 1. The zero-order valence-electron chi connectivity index (χ0n) is 12.5. The molecule has 0 amide bonds. The highest BCUT2D eigenvalue weighted by Crippen LogP contribution is 2.27. The van der Waals surface area contributed by atoms with Crippen molar-refractivity contribution in [2.75, 3.05) is 12.0 Å². The Morgan fingerprint density at radius 1 is 1.50 bits per heavy atom. The minimum absolute atomic E-state index is 0.0771. The van der Waals surface area contributed by atoms with Crippen molar-refractivity contribution in [3.05, 3.63) is 44.4 Å². The number of aryl methyl sites for hydroxylation is 2. The van der Waals surface area contributed by atoms with Crippen molar-refractivity contribution in [3.63, 3.8) is 0 Å². The monoisotopic (exact) mass is 320 g/mol. The predicted molar refractivity (Wildman–Crippen MR) is 87.1 cm³/mol. The molecule has 1 aromatic carbocycles. The smallest absolute Gasteiger partial charge is 0.311 e. The molecular weight excluding hydrogens is 304 g/mol. The van der Waals surface area contributed by atoms with Crippen molar-refractivity contribution in [2.24, 2.45) is 5.10 Å². The highest BCUT2D eigenvalue weighted by molar-refractivity contribution is 7.15. The molecule has 0 atom stereocenters. The van der Waals surface area contributed by atoms with Crippen LogP contribution in [0.5, 0.6) is 5.75 Å². The van der Waals surface area contributed by atoms with Gasteiger partial charge in [-0.3, -0.25) is 15.5 Å². The number of ether oxygens (including phenoxy) is 1. The number of nitro benzene ring substituents is 1. The van der Waals surface area contributed by atoms with Gasteiger partial charge in [-0.25, -0.2) is 4.98 Å². The Kier molecular flexibility index (Phi) is 5.05. The second kappa shape index (κ2) is 6.99. The number of nitro groups is 1. The average molecular weight is 320 g/mol. The molecule has 116 valence electrons. The van der Waals surface area contributed by atoms with E-state index in [4.69, 9.17) is 4.74 Å². The minimum Gasteiger partial charge on any atom is -0.487 e. The van der Waals surface area contributed by atoms with Crippen LogP contribution in [0.2, 0.25) is 0 Å². The Hall–Kier alpha value is -2.48. The Balaban J connectivity index is 2.13. The SMILES string of the molecule is CCOc1ccc(/C=N\Nc2nc(C)c(C)s2)cc1[N+](=O)[O-]. The van der Waals surface area contributed by atoms with Crippen molar-refractivity contribution in [1.82, 2.24) is 4.98 Å². The normalized spacial score (nSPS) is 10.9. The molecule has 7 nitrogen and oxygen atoms in total. The van der Waals surface area contributed by atoms with Crippen LogP contribution in [0.25, 0.3) is 0 Å². The van der Waals surface area contributed by atoms with E-state index in [0.717, 1.165) is 10.6 Å². The van der Waals surface area contributed by atoms with Crippen molar-refractivity contribution in [3.8, 4) is 5.75 Å². The third-order valence-corrected chi connectivity index (χ3v) is 3.86. The van der Waals surface area contributed by atoms with Gasteiger partial charge in [0.15, 0.2) is 5.75 Å². The van der Waals surface area contributed by atoms with Crippen molar-refractivity contribution >= 4 is 28.4 Å².